The van der Waals surface area contributed by atoms with E-state index in [2.05, 4.69) is 5.92 Å². The first-order valence-electron chi connectivity index (χ1n) is 5.54. The molecule has 0 amide bonds. The average molecular weight is 231 g/mol. The van der Waals surface area contributed by atoms with Crippen LogP contribution in [0.1, 0.15) is 30.6 Å². The number of nitrogens with two attached hydrogens (primary N) is 1. The number of hydrogen-bond donors (Lipinski definition) is 1. The number of ketones is 1. The van der Waals surface area contributed by atoms with Gasteiger partial charge in [0.1, 0.15) is 5.75 Å². The molecule has 1 unspecified atom stereocenters. The van der Waals surface area contributed by atoms with Crippen molar-refractivity contribution in [3.63, 3.8) is 0 Å². The van der Waals surface area contributed by atoms with Crippen molar-refractivity contribution in [3.8, 4) is 18.1 Å². The number of ether oxygens (including phenoxy) is 1. The third kappa shape index (κ3) is 3.93. The van der Waals surface area contributed by atoms with Crippen LogP contribution < -0.4 is 10.5 Å². The molecule has 0 spiro atoms. The molecule has 1 rings (SSSR count). The van der Waals surface area contributed by atoms with Gasteiger partial charge < -0.3 is 10.5 Å². The number of carbonyl (C=O) groups is 1. The van der Waals surface area contributed by atoms with E-state index >= 15 is 0 Å². The summed E-state index contributed by atoms with van der Waals surface area (Å²) in [4.78, 5) is 11.9. The third-order valence-corrected chi connectivity index (χ3v) is 2.16. The first-order valence-corrected chi connectivity index (χ1v) is 5.54. The summed E-state index contributed by atoms with van der Waals surface area (Å²) in [5.74, 6) is 2.90. The second-order valence-corrected chi connectivity index (χ2v) is 4.07. The van der Waals surface area contributed by atoms with E-state index in [0.717, 1.165) is 0 Å². The maximum atomic E-state index is 11.9. The van der Waals surface area contributed by atoms with E-state index in [4.69, 9.17) is 16.9 Å². The molecule has 2 N–H and O–H groups in total. The Morgan fingerprint density at radius 1 is 1.53 bits per heavy atom. The van der Waals surface area contributed by atoms with E-state index in [9.17, 15) is 4.79 Å². The van der Waals surface area contributed by atoms with Gasteiger partial charge in [0.25, 0.3) is 0 Å². The molecule has 3 nitrogen and oxygen atoms in total. The van der Waals surface area contributed by atoms with E-state index in [0.29, 0.717) is 11.3 Å². The van der Waals surface area contributed by atoms with Gasteiger partial charge in [-0.25, -0.2) is 0 Å². The minimum Gasteiger partial charge on any atom is -0.491 e. The van der Waals surface area contributed by atoms with Crippen molar-refractivity contribution >= 4 is 5.78 Å². The molecule has 0 saturated carbocycles. The van der Waals surface area contributed by atoms with Gasteiger partial charge in [-0.3, -0.25) is 4.79 Å². The Morgan fingerprint density at radius 2 is 2.24 bits per heavy atom. The van der Waals surface area contributed by atoms with Crippen LogP contribution in [0, 0.1) is 12.3 Å². The molecule has 1 aromatic carbocycles. The molecule has 0 bridgehead atoms. The van der Waals surface area contributed by atoms with Crippen molar-refractivity contribution in [3.05, 3.63) is 29.8 Å². The Bertz CT molecular complexity index is 432. The van der Waals surface area contributed by atoms with Crippen molar-refractivity contribution in [2.45, 2.75) is 32.4 Å². The molecule has 17 heavy (non-hydrogen) atoms. The van der Waals surface area contributed by atoms with Gasteiger partial charge >= 0.3 is 0 Å². The van der Waals surface area contributed by atoms with Crippen LogP contribution in [0.15, 0.2) is 24.3 Å². The average Bonchev–Trinajstić information content (AvgIpc) is 2.28. The normalized spacial score (nSPS) is 11.9. The van der Waals surface area contributed by atoms with E-state index in [-0.39, 0.29) is 18.3 Å². The lowest BCUT2D eigenvalue weighted by atomic mass is 10.0. The number of terminal acetylenes is 1. The molecule has 0 aliphatic rings. The molecule has 1 atom stereocenters. The quantitative estimate of drug-likeness (QED) is 0.623. The molecule has 1 aromatic rings. The standard InChI is InChI=1S/C14H17NO2/c1-4-6-13(15)14(16)11-7-5-8-12(9-11)17-10(2)3/h1,5,7-10,13H,6,15H2,2-3H3. The minimum absolute atomic E-state index is 0.0692. The highest BCUT2D eigenvalue weighted by Crippen LogP contribution is 2.16. The van der Waals surface area contributed by atoms with Crippen LogP contribution in [0.4, 0.5) is 0 Å². The molecule has 0 aliphatic heterocycles. The van der Waals surface area contributed by atoms with Crippen LogP contribution in [0.2, 0.25) is 0 Å². The minimum atomic E-state index is -0.644. The van der Waals surface area contributed by atoms with Crippen LogP contribution in [0.25, 0.3) is 0 Å². The second kappa shape index (κ2) is 6.07. The smallest absolute Gasteiger partial charge is 0.180 e. The van der Waals surface area contributed by atoms with E-state index in [1.807, 2.05) is 19.9 Å². The molecule has 0 aromatic heterocycles. The fourth-order valence-electron chi connectivity index (χ4n) is 1.43. The predicted molar refractivity (Wildman–Crippen MR) is 68.0 cm³/mol. The SMILES string of the molecule is C#CCC(N)C(=O)c1cccc(OC(C)C)c1. The van der Waals surface area contributed by atoms with Gasteiger partial charge in [-0.15, -0.1) is 12.3 Å². The highest BCUT2D eigenvalue weighted by molar-refractivity contribution is 6.00. The molecule has 0 radical (unpaired) electrons. The fourth-order valence-corrected chi connectivity index (χ4v) is 1.43. The summed E-state index contributed by atoms with van der Waals surface area (Å²) in [6, 6.07) is 6.34. The number of Topliss-reactive ketones (excluding diaryl/α,β-unsaturated/α-hetero) is 1. The van der Waals surface area contributed by atoms with Gasteiger partial charge in [0, 0.05) is 12.0 Å². The summed E-state index contributed by atoms with van der Waals surface area (Å²) in [5.41, 5.74) is 6.21. The zero-order chi connectivity index (χ0) is 12.8. The van der Waals surface area contributed by atoms with Crippen LogP contribution >= 0.6 is 0 Å². The Kier molecular flexibility index (Phi) is 4.74. The Balaban J connectivity index is 2.84. The van der Waals surface area contributed by atoms with Crippen molar-refractivity contribution in [1.82, 2.24) is 0 Å². The van der Waals surface area contributed by atoms with Gasteiger partial charge in [0.05, 0.1) is 12.1 Å². The summed E-state index contributed by atoms with van der Waals surface area (Å²) in [6.07, 6.45) is 5.45. The number of carbonyl (C=O) groups excluding carboxylic acids is 1. The first kappa shape index (κ1) is 13.3. The maximum Gasteiger partial charge on any atom is 0.180 e. The van der Waals surface area contributed by atoms with Crippen molar-refractivity contribution in [1.29, 1.82) is 0 Å². The van der Waals surface area contributed by atoms with Crippen molar-refractivity contribution < 1.29 is 9.53 Å². The van der Waals surface area contributed by atoms with Gasteiger partial charge in [0.15, 0.2) is 5.78 Å². The zero-order valence-corrected chi connectivity index (χ0v) is 10.1. The predicted octanol–water partition coefficient (Wildman–Crippen LogP) is 2.01. The van der Waals surface area contributed by atoms with E-state index in [1.54, 1.807) is 18.2 Å². The monoisotopic (exact) mass is 231 g/mol. The highest BCUT2D eigenvalue weighted by atomic mass is 16.5. The van der Waals surface area contributed by atoms with Gasteiger partial charge in [-0.2, -0.15) is 0 Å². The molecular weight excluding hydrogens is 214 g/mol. The van der Waals surface area contributed by atoms with Crippen LogP contribution in [-0.4, -0.2) is 17.9 Å². The van der Waals surface area contributed by atoms with E-state index in [1.165, 1.54) is 0 Å². The lowest BCUT2D eigenvalue weighted by Crippen LogP contribution is -2.29. The number of rotatable bonds is 5. The van der Waals surface area contributed by atoms with Gasteiger partial charge in [-0.1, -0.05) is 12.1 Å². The first-order chi connectivity index (χ1) is 8.04. The number of benzene rings is 1. The molecule has 0 heterocycles. The maximum absolute atomic E-state index is 11.9. The fraction of sp³-hybridized carbons (Fsp3) is 0.357. The number of hydrogen-bond acceptors (Lipinski definition) is 3. The molecule has 0 aliphatic carbocycles. The molecule has 3 heteroatoms. The van der Waals surface area contributed by atoms with Crippen molar-refractivity contribution in [2.24, 2.45) is 5.73 Å². The van der Waals surface area contributed by atoms with Crippen LogP contribution in [-0.2, 0) is 0 Å². The molecule has 90 valence electrons. The zero-order valence-electron chi connectivity index (χ0n) is 10.1. The molecular formula is C14H17NO2. The summed E-state index contributed by atoms with van der Waals surface area (Å²) in [5, 5.41) is 0. The Labute approximate surface area is 102 Å². The lowest BCUT2D eigenvalue weighted by molar-refractivity contribution is 0.0962. The van der Waals surface area contributed by atoms with E-state index < -0.39 is 6.04 Å². The summed E-state index contributed by atoms with van der Waals surface area (Å²) < 4.78 is 5.51. The Morgan fingerprint density at radius 3 is 2.82 bits per heavy atom. The van der Waals surface area contributed by atoms with Gasteiger partial charge in [-0.05, 0) is 26.0 Å². The lowest BCUT2D eigenvalue weighted by Gasteiger charge is -2.12. The van der Waals surface area contributed by atoms with Crippen LogP contribution in [0.5, 0.6) is 5.75 Å². The highest BCUT2D eigenvalue weighted by Gasteiger charge is 2.15. The van der Waals surface area contributed by atoms with Crippen molar-refractivity contribution in [2.75, 3.05) is 0 Å². The second-order valence-electron chi connectivity index (χ2n) is 4.07. The third-order valence-electron chi connectivity index (χ3n) is 2.16. The molecule has 0 fully saturated rings. The largest absolute Gasteiger partial charge is 0.491 e. The Hall–Kier alpha value is -1.79. The topological polar surface area (TPSA) is 52.3 Å². The van der Waals surface area contributed by atoms with Crippen LogP contribution in [0.3, 0.4) is 0 Å². The summed E-state index contributed by atoms with van der Waals surface area (Å²) in [6.45, 7) is 3.86. The summed E-state index contributed by atoms with van der Waals surface area (Å²) in [7, 11) is 0. The van der Waals surface area contributed by atoms with Gasteiger partial charge in [0.2, 0.25) is 0 Å². The molecule has 0 saturated heterocycles. The summed E-state index contributed by atoms with van der Waals surface area (Å²) >= 11 is 0.